The SMILES string of the molecule is CCN1CCC(N(C)C(=O)CCc2ccc(-c3ccccc3F)o2)CC1. The Labute approximate surface area is 154 Å². The Balaban J connectivity index is 1.53. The van der Waals surface area contributed by atoms with Crippen LogP contribution in [0.1, 0.15) is 31.9 Å². The quantitative estimate of drug-likeness (QED) is 0.784. The maximum absolute atomic E-state index is 13.8. The first kappa shape index (κ1) is 18.6. The van der Waals surface area contributed by atoms with E-state index in [1.54, 1.807) is 24.3 Å². The second kappa shape index (κ2) is 8.49. The molecule has 0 N–H and O–H groups in total. The van der Waals surface area contributed by atoms with Crippen LogP contribution in [0.4, 0.5) is 4.39 Å². The molecule has 2 aromatic rings. The molecule has 140 valence electrons. The highest BCUT2D eigenvalue weighted by Gasteiger charge is 2.24. The number of nitrogens with zero attached hydrogens (tertiary/aromatic N) is 2. The molecule has 0 bridgehead atoms. The molecule has 1 saturated heterocycles. The molecule has 0 radical (unpaired) electrons. The minimum Gasteiger partial charge on any atom is -0.461 e. The van der Waals surface area contributed by atoms with Gasteiger partial charge in [-0.3, -0.25) is 4.79 Å². The molecular weight excluding hydrogens is 331 g/mol. The van der Waals surface area contributed by atoms with Crippen molar-refractivity contribution in [3.05, 3.63) is 48.0 Å². The van der Waals surface area contributed by atoms with Crippen LogP contribution in [-0.4, -0.2) is 48.4 Å². The van der Waals surface area contributed by atoms with E-state index in [-0.39, 0.29) is 11.7 Å². The van der Waals surface area contributed by atoms with E-state index >= 15 is 0 Å². The molecule has 0 saturated carbocycles. The highest BCUT2D eigenvalue weighted by molar-refractivity contribution is 5.76. The first-order chi connectivity index (χ1) is 12.6. The number of piperidine rings is 1. The van der Waals surface area contributed by atoms with Crippen LogP contribution in [-0.2, 0) is 11.2 Å². The summed E-state index contributed by atoms with van der Waals surface area (Å²) in [4.78, 5) is 16.8. The molecule has 0 aliphatic carbocycles. The molecule has 1 aliphatic rings. The molecule has 1 aromatic carbocycles. The summed E-state index contributed by atoms with van der Waals surface area (Å²) in [5.74, 6) is 1.06. The Morgan fingerprint density at radius 3 is 2.65 bits per heavy atom. The largest absolute Gasteiger partial charge is 0.461 e. The van der Waals surface area contributed by atoms with E-state index in [0.29, 0.717) is 36.0 Å². The Bertz CT molecular complexity index is 735. The van der Waals surface area contributed by atoms with Gasteiger partial charge in [0, 0.05) is 39.0 Å². The summed E-state index contributed by atoms with van der Waals surface area (Å²) in [6.07, 6.45) is 3.02. The van der Waals surface area contributed by atoms with Crippen LogP contribution in [0.5, 0.6) is 0 Å². The number of aryl methyl sites for hydroxylation is 1. The van der Waals surface area contributed by atoms with E-state index in [4.69, 9.17) is 4.42 Å². The number of hydrogen-bond acceptors (Lipinski definition) is 3. The van der Waals surface area contributed by atoms with Crippen molar-refractivity contribution >= 4 is 5.91 Å². The average molecular weight is 358 g/mol. The number of amides is 1. The molecule has 5 heteroatoms. The van der Waals surface area contributed by atoms with E-state index in [0.717, 1.165) is 32.5 Å². The molecule has 0 atom stereocenters. The van der Waals surface area contributed by atoms with Crippen molar-refractivity contribution in [3.63, 3.8) is 0 Å². The minimum atomic E-state index is -0.303. The van der Waals surface area contributed by atoms with Crippen molar-refractivity contribution in [2.24, 2.45) is 0 Å². The summed E-state index contributed by atoms with van der Waals surface area (Å²) < 4.78 is 19.6. The summed E-state index contributed by atoms with van der Waals surface area (Å²) in [6.45, 7) is 5.37. The zero-order chi connectivity index (χ0) is 18.5. The van der Waals surface area contributed by atoms with Gasteiger partial charge >= 0.3 is 0 Å². The van der Waals surface area contributed by atoms with Crippen LogP contribution in [0.2, 0.25) is 0 Å². The number of hydrogen-bond donors (Lipinski definition) is 0. The smallest absolute Gasteiger partial charge is 0.223 e. The zero-order valence-electron chi connectivity index (χ0n) is 15.6. The van der Waals surface area contributed by atoms with Crippen molar-refractivity contribution in [2.75, 3.05) is 26.7 Å². The molecule has 2 heterocycles. The third-order valence-corrected chi connectivity index (χ3v) is 5.33. The average Bonchev–Trinajstić information content (AvgIpc) is 3.14. The van der Waals surface area contributed by atoms with Gasteiger partial charge in [0.25, 0.3) is 0 Å². The van der Waals surface area contributed by atoms with Gasteiger partial charge in [-0.2, -0.15) is 0 Å². The number of halogens is 1. The lowest BCUT2D eigenvalue weighted by Crippen LogP contribution is -2.45. The van der Waals surface area contributed by atoms with Gasteiger partial charge in [-0.05, 0) is 43.7 Å². The first-order valence-corrected chi connectivity index (χ1v) is 9.40. The third-order valence-electron chi connectivity index (χ3n) is 5.33. The van der Waals surface area contributed by atoms with E-state index in [1.807, 2.05) is 18.0 Å². The van der Waals surface area contributed by atoms with Crippen molar-refractivity contribution in [1.29, 1.82) is 0 Å². The maximum atomic E-state index is 13.8. The zero-order valence-corrected chi connectivity index (χ0v) is 15.6. The van der Waals surface area contributed by atoms with Gasteiger partial charge in [-0.15, -0.1) is 0 Å². The predicted octanol–water partition coefficient (Wildman–Crippen LogP) is 3.96. The van der Waals surface area contributed by atoms with E-state index in [1.165, 1.54) is 6.07 Å². The maximum Gasteiger partial charge on any atom is 0.223 e. The van der Waals surface area contributed by atoms with Crippen LogP contribution in [0.15, 0.2) is 40.8 Å². The lowest BCUT2D eigenvalue weighted by Gasteiger charge is -2.36. The summed E-state index contributed by atoms with van der Waals surface area (Å²) in [7, 11) is 1.90. The molecule has 26 heavy (non-hydrogen) atoms. The van der Waals surface area contributed by atoms with Gasteiger partial charge in [0.2, 0.25) is 5.91 Å². The molecule has 0 spiro atoms. The number of likely N-dealkylation sites (tertiary alicyclic amines) is 1. The summed E-state index contributed by atoms with van der Waals surface area (Å²) in [5, 5.41) is 0. The van der Waals surface area contributed by atoms with Crippen LogP contribution >= 0.6 is 0 Å². The van der Waals surface area contributed by atoms with Crippen molar-refractivity contribution in [1.82, 2.24) is 9.80 Å². The van der Waals surface area contributed by atoms with E-state index in [2.05, 4.69) is 11.8 Å². The Morgan fingerprint density at radius 2 is 1.96 bits per heavy atom. The highest BCUT2D eigenvalue weighted by Crippen LogP contribution is 2.25. The van der Waals surface area contributed by atoms with Crippen molar-refractivity contribution in [3.8, 4) is 11.3 Å². The van der Waals surface area contributed by atoms with Crippen LogP contribution < -0.4 is 0 Å². The van der Waals surface area contributed by atoms with Gasteiger partial charge in [0.15, 0.2) is 0 Å². The Kier molecular flexibility index (Phi) is 6.09. The van der Waals surface area contributed by atoms with Crippen LogP contribution in [0.25, 0.3) is 11.3 Å². The van der Waals surface area contributed by atoms with Crippen molar-refractivity contribution < 1.29 is 13.6 Å². The summed E-state index contributed by atoms with van der Waals surface area (Å²) in [6, 6.07) is 10.5. The second-order valence-corrected chi connectivity index (χ2v) is 6.92. The molecular formula is C21H27FN2O2. The number of carbonyl (C=O) groups is 1. The lowest BCUT2D eigenvalue weighted by atomic mass is 10.0. The highest BCUT2D eigenvalue weighted by atomic mass is 19.1. The van der Waals surface area contributed by atoms with Crippen LogP contribution in [0.3, 0.4) is 0 Å². The van der Waals surface area contributed by atoms with Gasteiger partial charge in [-0.25, -0.2) is 4.39 Å². The third kappa shape index (κ3) is 4.33. The standard InChI is InChI=1S/C21H27FN2O2/c1-3-24-14-12-16(13-15-24)23(2)21(25)11-9-17-8-10-20(26-17)18-6-4-5-7-19(18)22/h4-8,10,16H,3,9,11-15H2,1-2H3. The van der Waals surface area contributed by atoms with Crippen LogP contribution in [0, 0.1) is 5.82 Å². The lowest BCUT2D eigenvalue weighted by molar-refractivity contribution is -0.132. The number of furan rings is 1. The minimum absolute atomic E-state index is 0.142. The Hall–Kier alpha value is -2.14. The van der Waals surface area contributed by atoms with E-state index in [9.17, 15) is 9.18 Å². The van der Waals surface area contributed by atoms with Crippen molar-refractivity contribution in [2.45, 2.75) is 38.6 Å². The molecule has 0 unspecified atom stereocenters. The predicted molar refractivity (Wildman–Crippen MR) is 100 cm³/mol. The second-order valence-electron chi connectivity index (χ2n) is 6.92. The molecule has 4 nitrogen and oxygen atoms in total. The van der Waals surface area contributed by atoms with Gasteiger partial charge < -0.3 is 14.2 Å². The topological polar surface area (TPSA) is 36.7 Å². The fraction of sp³-hybridized carbons (Fsp3) is 0.476. The number of benzene rings is 1. The molecule has 1 aliphatic heterocycles. The summed E-state index contributed by atoms with van der Waals surface area (Å²) >= 11 is 0. The molecule has 3 rings (SSSR count). The normalized spacial score (nSPS) is 16.0. The first-order valence-electron chi connectivity index (χ1n) is 9.40. The fourth-order valence-electron chi connectivity index (χ4n) is 3.55. The fourth-order valence-corrected chi connectivity index (χ4v) is 3.55. The molecule has 1 fully saturated rings. The molecule has 1 aromatic heterocycles. The Morgan fingerprint density at radius 1 is 1.23 bits per heavy atom. The van der Waals surface area contributed by atoms with E-state index < -0.39 is 0 Å². The summed E-state index contributed by atoms with van der Waals surface area (Å²) in [5.41, 5.74) is 0.449. The van der Waals surface area contributed by atoms with Gasteiger partial charge in [0.05, 0.1) is 5.56 Å². The van der Waals surface area contributed by atoms with Gasteiger partial charge in [-0.1, -0.05) is 19.1 Å². The number of rotatable bonds is 6. The monoisotopic (exact) mass is 358 g/mol. The van der Waals surface area contributed by atoms with Gasteiger partial charge in [0.1, 0.15) is 17.3 Å². The molecule has 1 amide bonds. The number of carbonyl (C=O) groups excluding carboxylic acids is 1.